The van der Waals surface area contributed by atoms with Crippen LogP contribution in [0, 0.1) is 0 Å². The third-order valence-electron chi connectivity index (χ3n) is 4.64. The number of thiocarbonyl (C=S) groups is 1. The van der Waals surface area contributed by atoms with Crippen LogP contribution in [0.25, 0.3) is 5.57 Å². The van der Waals surface area contributed by atoms with Crippen LogP contribution in [0.3, 0.4) is 0 Å². The first-order valence-corrected chi connectivity index (χ1v) is 10.2. The Morgan fingerprint density at radius 1 is 1.00 bits per heavy atom. The van der Waals surface area contributed by atoms with Gasteiger partial charge in [0.25, 0.3) is 11.8 Å². The molecule has 2 aliphatic rings. The van der Waals surface area contributed by atoms with Gasteiger partial charge in [0.15, 0.2) is 4.32 Å². The van der Waals surface area contributed by atoms with Crippen molar-refractivity contribution in [2.45, 2.75) is 13.8 Å². The average Bonchev–Trinajstić information content (AvgIpc) is 3.14. The second-order valence-electron chi connectivity index (χ2n) is 6.21. The molecule has 2 aromatic rings. The summed E-state index contributed by atoms with van der Waals surface area (Å²) in [6.07, 6.45) is 0. The van der Waals surface area contributed by atoms with Crippen molar-refractivity contribution in [1.82, 2.24) is 0 Å². The third-order valence-corrected chi connectivity index (χ3v) is 6.01. The largest absolute Gasteiger partial charge is 0.494 e. The van der Waals surface area contributed by atoms with Crippen LogP contribution in [-0.4, -0.2) is 29.3 Å². The number of hydrogen-bond acceptors (Lipinski definition) is 5. The first kappa shape index (κ1) is 18.7. The molecule has 0 N–H and O–H groups in total. The van der Waals surface area contributed by atoms with Gasteiger partial charge < -0.3 is 9.64 Å². The number of hydrogen-bond donors (Lipinski definition) is 0. The van der Waals surface area contributed by atoms with Crippen molar-refractivity contribution in [1.29, 1.82) is 0 Å². The molecule has 2 aliphatic heterocycles. The molecule has 4 rings (SSSR count). The molecule has 28 heavy (non-hydrogen) atoms. The minimum Gasteiger partial charge on any atom is -0.494 e. The molecule has 1 saturated heterocycles. The van der Waals surface area contributed by atoms with Gasteiger partial charge in [-0.05, 0) is 44.2 Å². The van der Waals surface area contributed by atoms with Gasteiger partial charge in [-0.15, -0.1) is 0 Å². The summed E-state index contributed by atoms with van der Waals surface area (Å²) < 4.78 is 5.87. The molecule has 5 nitrogen and oxygen atoms in total. The fourth-order valence-electron chi connectivity index (χ4n) is 3.41. The summed E-state index contributed by atoms with van der Waals surface area (Å²) in [5, 5.41) is 0. The summed E-state index contributed by atoms with van der Waals surface area (Å²) in [6.45, 7) is 4.95. The Hall–Kier alpha value is -2.64. The topological polar surface area (TPSA) is 49.9 Å². The number of fused-ring (bicyclic) bond motifs is 1. The lowest BCUT2D eigenvalue weighted by Crippen LogP contribution is -2.29. The van der Waals surface area contributed by atoms with E-state index >= 15 is 0 Å². The number of carbonyl (C=O) groups excluding carboxylic acids is 2. The quantitative estimate of drug-likeness (QED) is 0.558. The molecule has 0 aliphatic carbocycles. The normalized spacial score (nSPS) is 18.9. The van der Waals surface area contributed by atoms with E-state index in [2.05, 4.69) is 0 Å². The molecule has 0 atom stereocenters. The summed E-state index contributed by atoms with van der Waals surface area (Å²) in [5.41, 5.74) is 2.70. The Balaban J connectivity index is 1.76. The van der Waals surface area contributed by atoms with Gasteiger partial charge in [0, 0.05) is 12.1 Å². The van der Waals surface area contributed by atoms with E-state index in [1.54, 1.807) is 29.2 Å². The highest BCUT2D eigenvalue weighted by molar-refractivity contribution is 8.27. The molecule has 0 aromatic heterocycles. The number of rotatable bonds is 4. The van der Waals surface area contributed by atoms with Crippen LogP contribution in [-0.2, 0) is 9.59 Å². The van der Waals surface area contributed by atoms with E-state index < -0.39 is 0 Å². The highest BCUT2D eigenvalue weighted by atomic mass is 32.2. The van der Waals surface area contributed by atoms with E-state index in [4.69, 9.17) is 17.0 Å². The number of carbonyl (C=O) groups is 2. The van der Waals surface area contributed by atoms with Crippen LogP contribution in [0.5, 0.6) is 5.75 Å². The van der Waals surface area contributed by atoms with Gasteiger partial charge >= 0.3 is 0 Å². The molecular weight excluding hydrogens is 392 g/mol. The number of benzene rings is 2. The molecule has 0 spiro atoms. The van der Waals surface area contributed by atoms with Gasteiger partial charge in [-0.2, -0.15) is 0 Å². The summed E-state index contributed by atoms with van der Waals surface area (Å²) >= 11 is 6.65. The number of amides is 2. The van der Waals surface area contributed by atoms with Gasteiger partial charge in [-0.1, -0.05) is 42.2 Å². The maximum Gasteiger partial charge on any atom is 0.271 e. The van der Waals surface area contributed by atoms with Crippen molar-refractivity contribution in [2.75, 3.05) is 23.0 Å². The van der Waals surface area contributed by atoms with E-state index in [-0.39, 0.29) is 11.8 Å². The Bertz CT molecular complexity index is 1010. The van der Waals surface area contributed by atoms with E-state index in [1.165, 1.54) is 16.7 Å². The minimum absolute atomic E-state index is 0.157. The van der Waals surface area contributed by atoms with Crippen molar-refractivity contribution in [2.24, 2.45) is 0 Å². The van der Waals surface area contributed by atoms with Crippen molar-refractivity contribution >= 4 is 57.1 Å². The Kier molecular flexibility index (Phi) is 4.95. The van der Waals surface area contributed by atoms with Gasteiger partial charge in [0.1, 0.15) is 5.75 Å². The van der Waals surface area contributed by atoms with Crippen molar-refractivity contribution in [3.63, 3.8) is 0 Å². The monoisotopic (exact) mass is 410 g/mol. The highest BCUT2D eigenvalue weighted by Gasteiger charge is 2.42. The van der Waals surface area contributed by atoms with Crippen LogP contribution in [0.1, 0.15) is 19.4 Å². The van der Waals surface area contributed by atoms with Gasteiger partial charge in [0.2, 0.25) is 0 Å². The summed E-state index contributed by atoms with van der Waals surface area (Å²) in [7, 11) is 0. The van der Waals surface area contributed by atoms with Crippen molar-refractivity contribution in [3.05, 3.63) is 59.0 Å². The van der Waals surface area contributed by atoms with E-state index in [0.29, 0.717) is 33.6 Å². The predicted octanol–water partition coefficient (Wildman–Crippen LogP) is 4.23. The molecule has 1 fully saturated rings. The molecule has 0 unspecified atom stereocenters. The number of nitrogens with zero attached hydrogens (tertiary/aromatic N) is 2. The summed E-state index contributed by atoms with van der Waals surface area (Å²) in [4.78, 5) is 29.8. The maximum absolute atomic E-state index is 13.2. The lowest BCUT2D eigenvalue weighted by Gasteiger charge is -2.15. The Morgan fingerprint density at radius 3 is 2.39 bits per heavy atom. The lowest BCUT2D eigenvalue weighted by molar-refractivity contribution is -0.115. The second kappa shape index (κ2) is 7.41. The van der Waals surface area contributed by atoms with E-state index in [9.17, 15) is 9.59 Å². The fourth-order valence-corrected chi connectivity index (χ4v) is 4.78. The lowest BCUT2D eigenvalue weighted by atomic mass is 10.1. The van der Waals surface area contributed by atoms with Crippen LogP contribution >= 0.6 is 24.0 Å². The average molecular weight is 411 g/mol. The van der Waals surface area contributed by atoms with Crippen LogP contribution in [0.2, 0.25) is 0 Å². The zero-order valence-electron chi connectivity index (χ0n) is 15.5. The molecule has 0 radical (unpaired) electrons. The molecular formula is C21H18N2O3S2. The van der Waals surface area contributed by atoms with Crippen LogP contribution in [0.4, 0.5) is 11.4 Å². The molecule has 7 heteroatoms. The smallest absolute Gasteiger partial charge is 0.271 e. The fraction of sp³-hybridized carbons (Fsp3) is 0.190. The molecule has 2 heterocycles. The van der Waals surface area contributed by atoms with E-state index in [1.807, 2.05) is 38.1 Å². The zero-order chi connectivity index (χ0) is 19.8. The molecule has 2 amide bonds. The van der Waals surface area contributed by atoms with Crippen molar-refractivity contribution < 1.29 is 14.3 Å². The number of likely N-dealkylation sites (N-methyl/N-ethyl adjacent to an activating group) is 1. The molecule has 142 valence electrons. The van der Waals surface area contributed by atoms with E-state index in [0.717, 1.165) is 17.0 Å². The van der Waals surface area contributed by atoms with Crippen molar-refractivity contribution in [3.8, 4) is 5.75 Å². The standard InChI is InChI=1S/C21H18N2O3S2/c1-3-22-16-8-6-5-7-15(16)17(19(22)24)18-20(25)23(21(27)28-18)13-9-11-14(12-10-13)26-4-2/h5-12H,3-4H2,1-2H3/b18-17-. The zero-order valence-corrected chi connectivity index (χ0v) is 17.1. The first-order valence-electron chi connectivity index (χ1n) is 9.01. The predicted molar refractivity (Wildman–Crippen MR) is 117 cm³/mol. The minimum atomic E-state index is -0.268. The second-order valence-corrected chi connectivity index (χ2v) is 7.85. The highest BCUT2D eigenvalue weighted by Crippen LogP contribution is 2.45. The summed E-state index contributed by atoms with van der Waals surface area (Å²) in [6, 6.07) is 14.7. The van der Waals surface area contributed by atoms with Crippen LogP contribution in [0.15, 0.2) is 53.4 Å². The third kappa shape index (κ3) is 2.91. The Labute approximate surface area is 173 Å². The number of para-hydroxylation sites is 1. The number of anilines is 2. The number of thioether (sulfide) groups is 1. The Morgan fingerprint density at radius 2 is 1.71 bits per heavy atom. The number of ether oxygens (including phenoxy) is 1. The maximum atomic E-state index is 13.2. The van der Waals surface area contributed by atoms with Gasteiger partial charge in [-0.3, -0.25) is 14.5 Å². The summed E-state index contributed by atoms with van der Waals surface area (Å²) in [5.74, 6) is 0.305. The van der Waals surface area contributed by atoms with Gasteiger partial charge in [-0.25, -0.2) is 0 Å². The molecule has 0 saturated carbocycles. The molecule has 2 aromatic carbocycles. The molecule has 0 bridgehead atoms. The first-order chi connectivity index (χ1) is 13.6. The van der Waals surface area contributed by atoms with Crippen LogP contribution < -0.4 is 14.5 Å². The van der Waals surface area contributed by atoms with Gasteiger partial charge in [0.05, 0.1) is 28.5 Å². The SMILES string of the molecule is CCOc1ccc(N2C(=O)/C(=C3/C(=O)N(CC)c4ccccc43)SC2=S)cc1.